The Hall–Kier alpha value is -2.38. The number of rotatable bonds is 19. The number of carbonyl (C=O) groups excluding carboxylic acids is 1. The minimum atomic E-state index is -3.43. The number of hydrogen-bond acceptors (Lipinski definition) is 9. The first-order valence-electron chi connectivity index (χ1n) is 15.0. The molecule has 1 aliphatic heterocycles. The molecule has 0 aromatic heterocycles. The van der Waals surface area contributed by atoms with Crippen LogP contribution in [0.1, 0.15) is 68.2 Å². The average molecular weight is 606 g/mol. The monoisotopic (exact) mass is 605 g/mol. The van der Waals surface area contributed by atoms with Crippen LogP contribution in [-0.2, 0) is 32.6 Å². The van der Waals surface area contributed by atoms with Crippen LogP contribution in [0.25, 0.3) is 0 Å². The van der Waals surface area contributed by atoms with Crippen molar-refractivity contribution in [3.8, 4) is 5.75 Å². The van der Waals surface area contributed by atoms with Crippen molar-refractivity contribution in [2.75, 3.05) is 52.5 Å². The fourth-order valence-corrected chi connectivity index (χ4v) is 6.39. The first-order valence-corrected chi connectivity index (χ1v) is 16.4. The molecule has 0 saturated carbocycles. The fourth-order valence-electron chi connectivity index (χ4n) is 4.88. The van der Waals surface area contributed by atoms with Gasteiger partial charge in [-0.05, 0) is 74.0 Å². The number of aliphatic hydroxyl groups is 2. The maximum absolute atomic E-state index is 12.9. The van der Waals surface area contributed by atoms with E-state index in [0.29, 0.717) is 61.1 Å². The molecule has 10 nitrogen and oxygen atoms in total. The largest absolute Gasteiger partial charge is 0.426 e. The molecular weight excluding hydrogens is 558 g/mol. The van der Waals surface area contributed by atoms with Gasteiger partial charge >= 0.3 is 5.97 Å². The van der Waals surface area contributed by atoms with Crippen LogP contribution in [0.15, 0.2) is 47.4 Å². The molecule has 2 aromatic carbocycles. The highest BCUT2D eigenvalue weighted by Crippen LogP contribution is 2.24. The highest BCUT2D eigenvalue weighted by atomic mass is 32.2. The molecule has 1 heterocycles. The van der Waals surface area contributed by atoms with Crippen LogP contribution in [-0.4, -0.2) is 81.4 Å². The maximum Gasteiger partial charge on any atom is 0.308 e. The number of ether oxygens (including phenoxy) is 2. The van der Waals surface area contributed by atoms with Crippen molar-refractivity contribution in [3.63, 3.8) is 0 Å². The molecule has 0 spiro atoms. The van der Waals surface area contributed by atoms with Gasteiger partial charge in [-0.15, -0.1) is 0 Å². The van der Waals surface area contributed by atoms with Gasteiger partial charge in [0, 0.05) is 58.4 Å². The zero-order valence-corrected chi connectivity index (χ0v) is 25.5. The molecule has 234 valence electrons. The van der Waals surface area contributed by atoms with Crippen molar-refractivity contribution in [1.82, 2.24) is 14.9 Å². The number of hydrogen-bond donors (Lipinski definition) is 4. The van der Waals surface area contributed by atoms with Gasteiger partial charge in [-0.2, -0.15) is 4.31 Å². The summed E-state index contributed by atoms with van der Waals surface area (Å²) in [4.78, 5) is 11.5. The number of esters is 1. The number of nitrogens with one attached hydrogen (secondary N) is 2. The molecule has 11 heteroatoms. The molecule has 1 aliphatic rings. The number of carbonyl (C=O) groups is 1. The topological polar surface area (TPSA) is 137 Å². The number of sulfonamides is 1. The molecular formula is C31H47N3O7S. The molecule has 0 amide bonds. The number of nitrogens with zero attached hydrogens (tertiary/aromatic N) is 1. The predicted octanol–water partition coefficient (Wildman–Crippen LogP) is 2.92. The van der Waals surface area contributed by atoms with Crippen LogP contribution in [0, 0.1) is 0 Å². The minimum Gasteiger partial charge on any atom is -0.426 e. The summed E-state index contributed by atoms with van der Waals surface area (Å²) in [6, 6.07) is 12.3. The number of benzene rings is 2. The van der Waals surface area contributed by atoms with E-state index < -0.39 is 22.1 Å². The summed E-state index contributed by atoms with van der Waals surface area (Å²) in [7, 11) is -3.43. The van der Waals surface area contributed by atoms with Gasteiger partial charge in [-0.1, -0.05) is 31.0 Å². The summed E-state index contributed by atoms with van der Waals surface area (Å²) in [6.45, 7) is 6.07. The average Bonchev–Trinajstić information content (AvgIpc) is 2.99. The zero-order valence-electron chi connectivity index (χ0n) is 24.7. The van der Waals surface area contributed by atoms with E-state index in [2.05, 4.69) is 10.6 Å². The Balaban J connectivity index is 1.19. The van der Waals surface area contributed by atoms with Gasteiger partial charge in [0.15, 0.2) is 0 Å². The van der Waals surface area contributed by atoms with E-state index >= 15 is 0 Å². The third-order valence-electron chi connectivity index (χ3n) is 7.24. The summed E-state index contributed by atoms with van der Waals surface area (Å²) in [5.74, 6) is -0.150. The van der Waals surface area contributed by atoms with Crippen molar-refractivity contribution in [3.05, 3.63) is 59.2 Å². The molecule has 1 saturated heterocycles. The van der Waals surface area contributed by atoms with Gasteiger partial charge in [0.25, 0.3) is 0 Å². The second-order valence-electron chi connectivity index (χ2n) is 10.6. The Morgan fingerprint density at radius 2 is 1.76 bits per heavy atom. The van der Waals surface area contributed by atoms with Crippen LogP contribution >= 0.6 is 0 Å². The fraction of sp³-hybridized carbons (Fsp3) is 0.581. The van der Waals surface area contributed by atoms with Crippen LogP contribution < -0.4 is 15.4 Å². The van der Waals surface area contributed by atoms with E-state index in [1.165, 1.54) is 6.92 Å². The molecule has 0 aliphatic carbocycles. The quantitative estimate of drug-likeness (QED) is 0.108. The molecule has 0 bridgehead atoms. The van der Waals surface area contributed by atoms with Crippen molar-refractivity contribution in [1.29, 1.82) is 0 Å². The zero-order chi connectivity index (χ0) is 30.2. The van der Waals surface area contributed by atoms with E-state index in [4.69, 9.17) is 9.47 Å². The molecule has 1 fully saturated rings. The Morgan fingerprint density at radius 3 is 2.50 bits per heavy atom. The molecule has 3 rings (SSSR count). The number of unbranched alkanes of at least 4 members (excludes halogenated alkanes) is 4. The third kappa shape index (κ3) is 11.4. The summed E-state index contributed by atoms with van der Waals surface area (Å²) in [5.41, 5.74) is 2.17. The van der Waals surface area contributed by atoms with Gasteiger partial charge in [-0.3, -0.25) is 4.79 Å². The lowest BCUT2D eigenvalue weighted by Crippen LogP contribution is -2.46. The Bertz CT molecular complexity index is 1200. The van der Waals surface area contributed by atoms with Crippen molar-refractivity contribution < 1.29 is 32.9 Å². The number of aliphatic hydroxyl groups excluding tert-OH is 2. The van der Waals surface area contributed by atoms with Crippen LogP contribution in [0.3, 0.4) is 0 Å². The SMILES string of the molecule is CC(=O)Oc1ccc(C(O)CNCCCCCCOCCCCc2cccc(S(=O)(=O)N3CCNCC3)c2)cc1CO. The summed E-state index contributed by atoms with van der Waals surface area (Å²) in [6.07, 6.45) is 6.17. The van der Waals surface area contributed by atoms with E-state index in [1.807, 2.05) is 18.2 Å². The molecule has 42 heavy (non-hydrogen) atoms. The minimum absolute atomic E-state index is 0.277. The van der Waals surface area contributed by atoms with E-state index in [9.17, 15) is 23.4 Å². The number of piperazine rings is 1. The lowest BCUT2D eigenvalue weighted by molar-refractivity contribution is -0.131. The second kappa shape index (κ2) is 18.3. The first kappa shape index (κ1) is 34.1. The molecule has 4 N–H and O–H groups in total. The second-order valence-corrected chi connectivity index (χ2v) is 12.6. The Labute approximate surface area is 250 Å². The lowest BCUT2D eigenvalue weighted by atomic mass is 10.1. The Morgan fingerprint density at radius 1 is 1.02 bits per heavy atom. The third-order valence-corrected chi connectivity index (χ3v) is 9.13. The summed E-state index contributed by atoms with van der Waals surface area (Å²) >= 11 is 0. The molecule has 0 radical (unpaired) electrons. The van der Waals surface area contributed by atoms with E-state index in [1.54, 1.807) is 28.6 Å². The Kier molecular flexibility index (Phi) is 14.9. The van der Waals surface area contributed by atoms with Crippen molar-refractivity contribution in [2.45, 2.75) is 69.5 Å². The van der Waals surface area contributed by atoms with Crippen LogP contribution in [0.5, 0.6) is 5.75 Å². The highest BCUT2D eigenvalue weighted by Gasteiger charge is 2.25. The standard InChI is InChI=1S/C31H47N3O7S/c1-25(36)41-31-13-12-27(22-28(31)24-35)30(37)23-33-14-5-2-3-6-19-40-20-7-4-9-26-10-8-11-29(21-26)42(38,39)34-17-15-32-16-18-34/h8,10-13,21-22,30,32-33,35,37H,2-7,9,14-20,23-24H2,1H3. The van der Waals surface area contributed by atoms with Gasteiger partial charge in [0.1, 0.15) is 5.75 Å². The molecule has 1 unspecified atom stereocenters. The van der Waals surface area contributed by atoms with E-state index in [-0.39, 0.29) is 6.61 Å². The lowest BCUT2D eigenvalue weighted by Gasteiger charge is -2.26. The predicted molar refractivity (Wildman–Crippen MR) is 162 cm³/mol. The van der Waals surface area contributed by atoms with Gasteiger partial charge in [-0.25, -0.2) is 8.42 Å². The van der Waals surface area contributed by atoms with E-state index in [0.717, 1.165) is 63.7 Å². The normalized spacial score (nSPS) is 15.0. The maximum atomic E-state index is 12.9. The molecule has 2 aromatic rings. The van der Waals surface area contributed by atoms with Gasteiger partial charge in [0.2, 0.25) is 10.0 Å². The van der Waals surface area contributed by atoms with Crippen molar-refractivity contribution >= 4 is 16.0 Å². The van der Waals surface area contributed by atoms with Crippen LogP contribution in [0.2, 0.25) is 0 Å². The first-order chi connectivity index (χ1) is 20.3. The van der Waals surface area contributed by atoms with Crippen LogP contribution in [0.4, 0.5) is 0 Å². The van der Waals surface area contributed by atoms with Crippen molar-refractivity contribution in [2.24, 2.45) is 0 Å². The van der Waals surface area contributed by atoms with Gasteiger partial charge in [0.05, 0.1) is 17.6 Å². The summed E-state index contributed by atoms with van der Waals surface area (Å²) in [5, 5.41) is 26.4. The highest BCUT2D eigenvalue weighted by molar-refractivity contribution is 7.89. The smallest absolute Gasteiger partial charge is 0.308 e. The molecule has 1 atom stereocenters. The number of aryl methyl sites for hydroxylation is 1. The van der Waals surface area contributed by atoms with Gasteiger partial charge < -0.3 is 30.3 Å². The summed E-state index contributed by atoms with van der Waals surface area (Å²) < 4.78 is 38.2.